The fraction of sp³-hybridized carbons (Fsp3) is 0.308. The molecule has 0 saturated carbocycles. The number of alkyl halides is 3. The molecule has 3 aromatic rings. The predicted molar refractivity (Wildman–Crippen MR) is 141 cm³/mol. The number of nitrogens with zero attached hydrogens (tertiary/aromatic N) is 4. The summed E-state index contributed by atoms with van der Waals surface area (Å²) in [6.07, 6.45) is -3.30. The second-order valence-corrected chi connectivity index (χ2v) is 8.90. The van der Waals surface area contributed by atoms with Gasteiger partial charge in [0.05, 0.1) is 18.8 Å². The van der Waals surface area contributed by atoms with Crippen molar-refractivity contribution in [1.82, 2.24) is 14.9 Å². The number of amides is 3. The van der Waals surface area contributed by atoms with E-state index in [0.29, 0.717) is 49.1 Å². The first kappa shape index (κ1) is 27.8. The Morgan fingerprint density at radius 2 is 1.85 bits per heavy atom. The van der Waals surface area contributed by atoms with E-state index >= 15 is 0 Å². The van der Waals surface area contributed by atoms with Gasteiger partial charge in [0.25, 0.3) is 5.91 Å². The topological polar surface area (TPSA) is 126 Å². The minimum atomic E-state index is -4.57. The maximum absolute atomic E-state index is 13.4. The molecule has 2 aromatic carbocycles. The summed E-state index contributed by atoms with van der Waals surface area (Å²) in [5, 5.41) is 5.43. The van der Waals surface area contributed by atoms with Crippen molar-refractivity contribution in [3.8, 4) is 0 Å². The number of aryl methyl sites for hydroxylation is 1. The zero-order valence-electron chi connectivity index (χ0n) is 21.2. The molecule has 39 heavy (non-hydrogen) atoms. The summed E-state index contributed by atoms with van der Waals surface area (Å²) >= 11 is 0. The van der Waals surface area contributed by atoms with Crippen LogP contribution in [0.4, 0.5) is 41.0 Å². The van der Waals surface area contributed by atoms with Crippen molar-refractivity contribution in [3.05, 3.63) is 71.5 Å². The van der Waals surface area contributed by atoms with E-state index in [1.54, 1.807) is 19.1 Å². The standard InChI is InChI=1S/C26H28F3N7O3/c1-17-5-6-20(33-24(37)18-3-2-4-19(13-18)26(27,28)29)14-21(17)34-25(38)36(23-15-22(30)31-16-32-23)8-7-35-9-11-39-12-10-35/h2-6,13-16H,7-12H2,1H3,(H,33,37)(H,34,38)(H2,30,31,32). The number of hydrogen-bond acceptors (Lipinski definition) is 7. The number of nitrogens with one attached hydrogen (secondary N) is 2. The van der Waals surface area contributed by atoms with E-state index in [1.807, 2.05) is 0 Å². The van der Waals surface area contributed by atoms with E-state index in [1.165, 1.54) is 35.5 Å². The lowest BCUT2D eigenvalue weighted by molar-refractivity contribution is -0.137. The minimum Gasteiger partial charge on any atom is -0.384 e. The smallest absolute Gasteiger partial charge is 0.384 e. The highest BCUT2D eigenvalue weighted by Crippen LogP contribution is 2.30. The van der Waals surface area contributed by atoms with Crippen molar-refractivity contribution in [1.29, 1.82) is 0 Å². The summed E-state index contributed by atoms with van der Waals surface area (Å²) in [6.45, 7) is 5.38. The number of nitrogen functional groups attached to an aromatic ring is 1. The molecule has 1 saturated heterocycles. The van der Waals surface area contributed by atoms with E-state index in [0.717, 1.165) is 25.2 Å². The molecule has 4 rings (SSSR count). The van der Waals surface area contributed by atoms with E-state index in [2.05, 4.69) is 25.5 Å². The van der Waals surface area contributed by atoms with E-state index in [4.69, 9.17) is 10.5 Å². The van der Waals surface area contributed by atoms with E-state index < -0.39 is 23.7 Å². The lowest BCUT2D eigenvalue weighted by atomic mass is 10.1. The molecule has 206 valence electrons. The molecule has 0 aliphatic carbocycles. The third kappa shape index (κ3) is 7.42. The van der Waals surface area contributed by atoms with Crippen LogP contribution in [0.2, 0.25) is 0 Å². The van der Waals surface area contributed by atoms with Crippen molar-refractivity contribution in [3.63, 3.8) is 0 Å². The molecule has 0 radical (unpaired) electrons. The number of hydrogen-bond donors (Lipinski definition) is 3. The van der Waals surface area contributed by atoms with Crippen molar-refractivity contribution in [2.75, 3.05) is 60.7 Å². The first-order chi connectivity index (χ1) is 18.6. The molecule has 10 nitrogen and oxygen atoms in total. The zero-order valence-corrected chi connectivity index (χ0v) is 21.2. The molecule has 1 aliphatic heterocycles. The van der Waals surface area contributed by atoms with Crippen molar-refractivity contribution in [2.45, 2.75) is 13.1 Å². The van der Waals surface area contributed by atoms with Crippen LogP contribution in [0, 0.1) is 6.92 Å². The second-order valence-electron chi connectivity index (χ2n) is 8.90. The Hall–Kier alpha value is -4.23. The molecule has 0 bridgehead atoms. The highest BCUT2D eigenvalue weighted by atomic mass is 19.4. The Labute approximate surface area is 223 Å². The van der Waals surface area contributed by atoms with Crippen LogP contribution in [-0.4, -0.2) is 66.2 Å². The van der Waals surface area contributed by atoms with Gasteiger partial charge in [-0.15, -0.1) is 0 Å². The molecule has 4 N–H and O–H groups in total. The molecule has 0 atom stereocenters. The van der Waals surface area contributed by atoms with Crippen LogP contribution in [0.15, 0.2) is 54.9 Å². The molecule has 2 heterocycles. The Balaban J connectivity index is 1.50. The van der Waals surface area contributed by atoms with Gasteiger partial charge in [0.15, 0.2) is 0 Å². The molecular formula is C26H28F3N7O3. The molecule has 3 amide bonds. The van der Waals surface area contributed by atoms with Gasteiger partial charge in [-0.3, -0.25) is 14.6 Å². The number of carbonyl (C=O) groups excluding carboxylic acids is 2. The number of halogens is 3. The molecule has 1 aromatic heterocycles. The van der Waals surface area contributed by atoms with Gasteiger partial charge in [-0.05, 0) is 42.8 Å². The number of benzene rings is 2. The first-order valence-corrected chi connectivity index (χ1v) is 12.2. The van der Waals surface area contributed by atoms with Crippen LogP contribution in [0.25, 0.3) is 0 Å². The summed E-state index contributed by atoms with van der Waals surface area (Å²) in [5.74, 6) is -0.189. The molecule has 1 aliphatic rings. The van der Waals surface area contributed by atoms with Crippen molar-refractivity contribution < 1.29 is 27.5 Å². The predicted octanol–water partition coefficient (Wildman–Crippen LogP) is 4.01. The van der Waals surface area contributed by atoms with Gasteiger partial charge >= 0.3 is 12.2 Å². The van der Waals surface area contributed by atoms with Crippen LogP contribution in [0.3, 0.4) is 0 Å². The van der Waals surface area contributed by atoms with E-state index in [-0.39, 0.29) is 11.4 Å². The van der Waals surface area contributed by atoms with Crippen LogP contribution in [0.5, 0.6) is 0 Å². The SMILES string of the molecule is Cc1ccc(NC(=O)c2cccc(C(F)(F)F)c2)cc1NC(=O)N(CCN1CCOCC1)c1cc(N)ncn1. The minimum absolute atomic E-state index is 0.147. The van der Waals surface area contributed by atoms with Gasteiger partial charge in [0.2, 0.25) is 0 Å². The maximum Gasteiger partial charge on any atom is 0.416 e. The largest absolute Gasteiger partial charge is 0.416 e. The average Bonchev–Trinajstić information content (AvgIpc) is 2.91. The van der Waals surface area contributed by atoms with Gasteiger partial charge in [0.1, 0.15) is 18.0 Å². The van der Waals surface area contributed by atoms with Crippen LogP contribution in [-0.2, 0) is 10.9 Å². The highest BCUT2D eigenvalue weighted by Gasteiger charge is 2.31. The summed E-state index contributed by atoms with van der Waals surface area (Å²) < 4.78 is 44.5. The molecule has 13 heteroatoms. The quantitative estimate of drug-likeness (QED) is 0.411. The number of rotatable bonds is 7. The van der Waals surface area contributed by atoms with Crippen LogP contribution < -0.4 is 21.3 Å². The number of carbonyl (C=O) groups is 2. The van der Waals surface area contributed by atoms with Gasteiger partial charge in [0, 0.05) is 49.2 Å². The molecular weight excluding hydrogens is 515 g/mol. The third-order valence-electron chi connectivity index (χ3n) is 6.13. The van der Waals surface area contributed by atoms with Gasteiger partial charge in [-0.2, -0.15) is 13.2 Å². The third-order valence-corrected chi connectivity index (χ3v) is 6.13. The van der Waals surface area contributed by atoms with Gasteiger partial charge in [-0.25, -0.2) is 14.8 Å². The second kappa shape index (κ2) is 12.1. The van der Waals surface area contributed by atoms with E-state index in [9.17, 15) is 22.8 Å². The van der Waals surface area contributed by atoms with Gasteiger partial charge < -0.3 is 21.1 Å². The van der Waals surface area contributed by atoms with Crippen molar-refractivity contribution in [2.24, 2.45) is 0 Å². The normalized spacial score (nSPS) is 14.1. The summed E-state index contributed by atoms with van der Waals surface area (Å²) in [7, 11) is 0. The average molecular weight is 544 g/mol. The van der Waals surface area contributed by atoms with Crippen LogP contribution >= 0.6 is 0 Å². The van der Waals surface area contributed by atoms with Crippen LogP contribution in [0.1, 0.15) is 21.5 Å². The monoisotopic (exact) mass is 543 g/mol. The zero-order chi connectivity index (χ0) is 28.0. The number of nitrogens with two attached hydrogens (primary N) is 1. The highest BCUT2D eigenvalue weighted by molar-refractivity contribution is 6.05. The molecule has 0 unspecified atom stereocenters. The van der Waals surface area contributed by atoms with Gasteiger partial charge in [-0.1, -0.05) is 12.1 Å². The van der Waals surface area contributed by atoms with Crippen molar-refractivity contribution >= 4 is 34.9 Å². The summed E-state index contributed by atoms with van der Waals surface area (Å²) in [6, 6.07) is 9.97. The lowest BCUT2D eigenvalue weighted by Gasteiger charge is -2.30. The number of anilines is 4. The molecule has 0 spiro atoms. The number of aromatic nitrogens is 2. The fourth-order valence-corrected chi connectivity index (χ4v) is 3.95. The lowest BCUT2D eigenvalue weighted by Crippen LogP contribution is -2.44. The first-order valence-electron chi connectivity index (χ1n) is 12.2. The Morgan fingerprint density at radius 3 is 2.56 bits per heavy atom. The number of urea groups is 1. The molecule has 1 fully saturated rings. The maximum atomic E-state index is 13.4. The Kier molecular flexibility index (Phi) is 8.62. The number of ether oxygens (including phenoxy) is 1. The Bertz CT molecular complexity index is 1330. The fourth-order valence-electron chi connectivity index (χ4n) is 3.95. The number of morpholine rings is 1. The summed E-state index contributed by atoms with van der Waals surface area (Å²) in [4.78, 5) is 37.8. The summed E-state index contributed by atoms with van der Waals surface area (Å²) in [5.41, 5.74) is 6.16. The Morgan fingerprint density at radius 1 is 1.08 bits per heavy atom.